The summed E-state index contributed by atoms with van der Waals surface area (Å²) in [7, 11) is 0. The molecule has 15 rings (SSSR count). The third kappa shape index (κ3) is 27.0. The van der Waals surface area contributed by atoms with Gasteiger partial charge in [0.25, 0.3) is 29.5 Å². The predicted octanol–water partition coefficient (Wildman–Crippen LogP) is 26.6. The number of anilines is 6. The first-order chi connectivity index (χ1) is 62.9. The number of thiophene rings is 5. The molecule has 12 N–H and O–H groups in total. The maximum absolute atomic E-state index is 13.7. The van der Waals surface area contributed by atoms with Crippen LogP contribution in [0.1, 0.15) is 129 Å². The van der Waals surface area contributed by atoms with Gasteiger partial charge in [0, 0.05) is 104 Å². The summed E-state index contributed by atoms with van der Waals surface area (Å²) in [4.78, 5) is 129. The summed E-state index contributed by atoms with van der Waals surface area (Å²) < 4.78 is 44.2. The van der Waals surface area contributed by atoms with Crippen LogP contribution in [0, 0.1) is 19.7 Å². The fraction of sp³-hybridized carbons (Fsp3) is 0.0521. The van der Waals surface area contributed by atoms with E-state index in [9.17, 15) is 86.6 Å². The lowest BCUT2D eigenvalue weighted by Gasteiger charge is -2.13. The van der Waals surface area contributed by atoms with Gasteiger partial charge in [0.1, 0.15) is 70.7 Å². The molecule has 0 aliphatic rings. The van der Waals surface area contributed by atoms with Crippen molar-refractivity contribution in [3.05, 3.63) is 367 Å². The van der Waals surface area contributed by atoms with Crippen LogP contribution in [0.5, 0.6) is 5.75 Å². The predicted molar refractivity (Wildman–Crippen MR) is 517 cm³/mol. The van der Waals surface area contributed by atoms with Crippen molar-refractivity contribution in [1.82, 2.24) is 0 Å². The van der Waals surface area contributed by atoms with E-state index in [1.165, 1.54) is 72.1 Å². The number of aldehydes is 1. The molecule has 15 aromatic rings. The molecule has 0 aliphatic heterocycles. The van der Waals surface area contributed by atoms with Crippen molar-refractivity contribution in [3.63, 3.8) is 0 Å². The molecule has 0 saturated carbocycles. The number of carboxylic acid groups (broad SMARTS) is 5. The van der Waals surface area contributed by atoms with Crippen LogP contribution >= 0.6 is 115 Å². The number of rotatable bonds is 22. The second-order valence-corrected chi connectivity index (χ2v) is 34.1. The second-order valence-electron chi connectivity index (χ2n) is 27.6. The SMILES string of the molecule is CC(F)(F)Oc1cccc(C(=O)Nc2scc(-c3ccc(Cl)cc3)c2C(=O)O)c1.CC=O.Cc1ccc(-c2csc(NC(=O)c3ccccc3Cl)c2C(=O)O)cc1.Cc1ccc(C(=O)Nc2scc(-c3cccc(Cl)c3)c2C(=O)O)cc1.Nc1ccc(C(=O)Nc2scc(-c3ccc(Cl)cc3)c2C(=O)O)cc1.O=C(Nc1scc(-c2cccc(Cl)c2)c1C(=O)O)c1ccccc1F. The van der Waals surface area contributed by atoms with E-state index < -0.39 is 65.4 Å². The van der Waals surface area contributed by atoms with Gasteiger partial charge in [-0.25, -0.2) is 28.4 Å². The summed E-state index contributed by atoms with van der Waals surface area (Å²) in [5.41, 5.74) is 15.3. The Labute approximate surface area is 795 Å². The molecular formula is C96H70Cl5F3N6O17S5. The van der Waals surface area contributed by atoms with Gasteiger partial charge in [-0.1, -0.05) is 184 Å². The summed E-state index contributed by atoms with van der Waals surface area (Å²) in [5, 5.41) is 72.9. The lowest BCUT2D eigenvalue weighted by Crippen LogP contribution is -2.19. The number of aryl methyl sites for hydroxylation is 2. The topological polar surface area (TPSA) is 384 Å². The van der Waals surface area contributed by atoms with Crippen molar-refractivity contribution in [3.8, 4) is 61.4 Å². The first-order valence-electron chi connectivity index (χ1n) is 38.3. The van der Waals surface area contributed by atoms with Crippen LogP contribution < -0.4 is 37.1 Å². The zero-order valence-corrected chi connectivity index (χ0v) is 76.7. The summed E-state index contributed by atoms with van der Waals surface area (Å²) in [6.07, 6.45) is -2.65. The molecule has 0 radical (unpaired) electrons. The van der Waals surface area contributed by atoms with Gasteiger partial charge < -0.3 is 67.4 Å². The molecule has 0 atom stereocenters. The van der Waals surface area contributed by atoms with Crippen LogP contribution in [0.3, 0.4) is 0 Å². The fourth-order valence-corrected chi connectivity index (χ4v) is 17.7. The van der Waals surface area contributed by atoms with Crippen LogP contribution in [0.15, 0.2) is 270 Å². The number of hydrogen-bond donors (Lipinski definition) is 11. The summed E-state index contributed by atoms with van der Waals surface area (Å²) in [5.74, 6) is -9.11. The Morgan fingerprint density at radius 3 is 1.01 bits per heavy atom. The molecule has 0 spiro atoms. The number of aromatic carboxylic acids is 5. The van der Waals surface area contributed by atoms with E-state index in [2.05, 4.69) is 31.3 Å². The number of nitrogens with two attached hydrogens (primary N) is 1. The molecule has 672 valence electrons. The molecule has 5 heterocycles. The molecule has 5 amide bonds. The van der Waals surface area contributed by atoms with Gasteiger partial charge in [-0.15, -0.1) is 56.7 Å². The lowest BCUT2D eigenvalue weighted by molar-refractivity contribution is -0.159. The monoisotopic (exact) mass is 1970 g/mol. The highest BCUT2D eigenvalue weighted by molar-refractivity contribution is 7.17. The van der Waals surface area contributed by atoms with Crippen LogP contribution in [0.25, 0.3) is 55.6 Å². The first kappa shape index (κ1) is 100. The molecule has 5 aromatic heterocycles. The summed E-state index contributed by atoms with van der Waals surface area (Å²) >= 11 is 35.3. The number of ether oxygens (including phenoxy) is 1. The second kappa shape index (κ2) is 46.4. The molecule has 0 saturated heterocycles. The number of benzene rings is 10. The van der Waals surface area contributed by atoms with Crippen LogP contribution in [-0.2, 0) is 4.79 Å². The minimum absolute atomic E-state index is 0.0459. The molecule has 0 unspecified atom stereocenters. The molecule has 23 nitrogen and oxygen atoms in total. The number of amides is 5. The normalized spacial score (nSPS) is 10.5. The minimum Gasteiger partial charge on any atom is -0.478 e. The average Bonchev–Trinajstić information content (AvgIpc) is 1.73. The van der Waals surface area contributed by atoms with E-state index in [0.29, 0.717) is 109 Å². The van der Waals surface area contributed by atoms with Gasteiger partial charge in [-0.3, -0.25) is 24.0 Å². The Bertz CT molecular complexity index is 6790. The molecule has 132 heavy (non-hydrogen) atoms. The first-order valence-corrected chi connectivity index (χ1v) is 44.6. The third-order valence-corrected chi connectivity index (χ3v) is 24.0. The average molecular weight is 1970 g/mol. The number of alkyl halides is 2. The Morgan fingerprint density at radius 2 is 0.659 bits per heavy atom. The van der Waals surface area contributed by atoms with E-state index in [0.717, 1.165) is 63.1 Å². The number of nitrogens with one attached hydrogen (secondary N) is 5. The molecule has 10 aromatic carbocycles. The highest BCUT2D eigenvalue weighted by Crippen LogP contribution is 2.43. The quantitative estimate of drug-likeness (QED) is 0.0222. The summed E-state index contributed by atoms with van der Waals surface area (Å²) in [6, 6.07) is 65.6. The van der Waals surface area contributed by atoms with E-state index >= 15 is 0 Å². The van der Waals surface area contributed by atoms with E-state index in [1.54, 1.807) is 185 Å². The van der Waals surface area contributed by atoms with Gasteiger partial charge in [0.05, 0.1) is 16.1 Å². The highest BCUT2D eigenvalue weighted by atomic mass is 35.5. The zero-order valence-electron chi connectivity index (χ0n) is 68.8. The molecular weight excluding hydrogens is 1900 g/mol. The maximum Gasteiger partial charge on any atom is 0.394 e. The number of carbonyl (C=O) groups is 11. The van der Waals surface area contributed by atoms with Crippen LogP contribution in [-0.4, -0.2) is 97.3 Å². The molecule has 36 heteroatoms. The van der Waals surface area contributed by atoms with Crippen molar-refractivity contribution < 1.29 is 96.2 Å². The zero-order chi connectivity index (χ0) is 95.8. The van der Waals surface area contributed by atoms with Crippen molar-refractivity contribution in [1.29, 1.82) is 0 Å². The van der Waals surface area contributed by atoms with Gasteiger partial charge in [-0.05, 0) is 176 Å². The number of nitrogen functional groups attached to an aromatic ring is 1. The van der Waals surface area contributed by atoms with Crippen LogP contribution in [0.2, 0.25) is 25.1 Å². The lowest BCUT2D eigenvalue weighted by atomic mass is 10.0. The number of carbonyl (C=O) groups excluding carboxylic acids is 6. The van der Waals surface area contributed by atoms with Crippen molar-refractivity contribution in [2.24, 2.45) is 0 Å². The van der Waals surface area contributed by atoms with Crippen molar-refractivity contribution >= 4 is 211 Å². The maximum atomic E-state index is 13.7. The smallest absolute Gasteiger partial charge is 0.394 e. The van der Waals surface area contributed by atoms with E-state index in [4.69, 9.17) is 68.5 Å². The number of hydrogen-bond acceptors (Lipinski definition) is 18. The fourth-order valence-electron chi connectivity index (χ4n) is 12.1. The Balaban J connectivity index is 0.000000170. The molecule has 0 aliphatic carbocycles. The summed E-state index contributed by atoms with van der Waals surface area (Å²) in [6.45, 7) is 5.92. The van der Waals surface area contributed by atoms with Gasteiger partial charge >= 0.3 is 36.0 Å². The van der Waals surface area contributed by atoms with Gasteiger partial charge in [0.2, 0.25) is 0 Å². The Hall–Kier alpha value is -14.1. The van der Waals surface area contributed by atoms with Gasteiger partial charge in [-0.2, -0.15) is 8.78 Å². The minimum atomic E-state index is -3.40. The van der Waals surface area contributed by atoms with Crippen molar-refractivity contribution in [2.75, 3.05) is 32.3 Å². The molecule has 0 bridgehead atoms. The van der Waals surface area contributed by atoms with E-state index in [1.807, 2.05) is 50.2 Å². The van der Waals surface area contributed by atoms with Gasteiger partial charge in [0.15, 0.2) is 0 Å². The van der Waals surface area contributed by atoms with Crippen molar-refractivity contribution in [2.45, 2.75) is 33.8 Å². The Morgan fingerprint density at radius 1 is 0.356 bits per heavy atom. The Kier molecular flexibility index (Phi) is 35.2. The number of carboxylic acids is 5. The largest absolute Gasteiger partial charge is 0.478 e. The number of halogens is 8. The third-order valence-electron chi connectivity index (χ3n) is 18.2. The van der Waals surface area contributed by atoms with E-state index in [-0.39, 0.29) is 70.6 Å². The molecule has 0 fully saturated rings. The standard InChI is InChI=1S/C20H14ClF2NO4S.2C19H14ClNO3S.C18H11ClFNO3S.C18H13ClN2O3S.C2H4O/c1-20(22,23)28-14-4-2-3-12(9-14)17(25)24-18-16(19(26)27)15(10-29-18)11-5-7-13(21)8-6-11;1-11-5-7-12(8-6-11)17(22)21-18-16(19(23)24)15(10-25-18)13-3-2-4-14(20)9-13;1-11-6-8-12(9-7-11)14-10-25-18(16(14)19(23)24)21-17(22)13-4-2-3-5-15(13)20;19-11-5-3-4-10(8-11)13-9-25-17(15(13)18(23)24)21-16(22)12-6-1-2-7-14(12)20;19-12-5-1-10(2-6-12)14-9-25-17(15(14)18(23)24)21-16(22)11-3-7-13(20)8-4-11;1-2-3/h2-10H,1H3,(H,24,25)(H,26,27);2*2-10H,1H3,(H,21,22)(H,23,24);1-9H,(H,21,22)(H,23,24);1-9H,20H2,(H,21,22)(H,23,24);2H,1H3. The highest BCUT2D eigenvalue weighted by Gasteiger charge is 2.30. The van der Waals surface area contributed by atoms with Crippen LogP contribution in [0.4, 0.5) is 43.9 Å².